The summed E-state index contributed by atoms with van der Waals surface area (Å²) in [6.07, 6.45) is 2.44. The van der Waals surface area contributed by atoms with Crippen LogP contribution in [0.3, 0.4) is 0 Å². The number of thioether (sulfide) groups is 1. The second kappa shape index (κ2) is 10.1. The number of carbonyl (C=O) groups is 1. The summed E-state index contributed by atoms with van der Waals surface area (Å²) in [5.41, 5.74) is 4.06. The van der Waals surface area contributed by atoms with Gasteiger partial charge in [0.1, 0.15) is 0 Å². The molecule has 0 saturated carbocycles. The van der Waals surface area contributed by atoms with E-state index in [-0.39, 0.29) is 17.3 Å². The molecular weight excluding hydrogens is 384 g/mol. The Morgan fingerprint density at radius 3 is 2.41 bits per heavy atom. The quantitative estimate of drug-likeness (QED) is 0.528. The zero-order chi connectivity index (χ0) is 20.6. The average Bonchev–Trinajstić information content (AvgIpc) is 3.11. The topological polar surface area (TPSA) is 79.8 Å². The van der Waals surface area contributed by atoms with E-state index in [1.807, 2.05) is 48.5 Å². The predicted molar refractivity (Wildman–Crippen MR) is 118 cm³/mol. The molecule has 0 aliphatic carbocycles. The van der Waals surface area contributed by atoms with Gasteiger partial charge in [0, 0.05) is 12.2 Å². The van der Waals surface area contributed by atoms with Gasteiger partial charge in [-0.3, -0.25) is 9.36 Å². The van der Waals surface area contributed by atoms with Gasteiger partial charge in [-0.05, 0) is 36.0 Å². The van der Waals surface area contributed by atoms with E-state index in [1.54, 1.807) is 4.57 Å². The number of para-hydroxylation sites is 1. The van der Waals surface area contributed by atoms with Crippen LogP contribution in [0.15, 0.2) is 58.5 Å². The maximum absolute atomic E-state index is 12.6. The number of aromatic nitrogens is 3. The van der Waals surface area contributed by atoms with Crippen molar-refractivity contribution >= 4 is 23.4 Å². The molecule has 0 radical (unpaired) electrons. The summed E-state index contributed by atoms with van der Waals surface area (Å²) in [4.78, 5) is 24.7. The van der Waals surface area contributed by atoms with Gasteiger partial charge in [0.25, 0.3) is 0 Å². The summed E-state index contributed by atoms with van der Waals surface area (Å²) in [5, 5.41) is 10.1. The van der Waals surface area contributed by atoms with Crippen LogP contribution in [-0.2, 0) is 30.6 Å². The van der Waals surface area contributed by atoms with Gasteiger partial charge in [0.2, 0.25) is 5.91 Å². The molecule has 1 aromatic heterocycles. The highest BCUT2D eigenvalue weighted by Gasteiger charge is 2.14. The lowest BCUT2D eigenvalue weighted by atomic mass is 10.0. The summed E-state index contributed by atoms with van der Waals surface area (Å²) in [7, 11) is 0. The van der Waals surface area contributed by atoms with Gasteiger partial charge >= 0.3 is 5.69 Å². The van der Waals surface area contributed by atoms with E-state index < -0.39 is 0 Å². The summed E-state index contributed by atoms with van der Waals surface area (Å²) in [6.45, 7) is 4.67. The lowest BCUT2D eigenvalue weighted by Gasteiger charge is -2.14. The molecule has 7 heteroatoms. The number of aromatic amines is 1. The van der Waals surface area contributed by atoms with Gasteiger partial charge in [-0.25, -0.2) is 9.89 Å². The fourth-order valence-corrected chi connectivity index (χ4v) is 3.98. The monoisotopic (exact) mass is 410 g/mol. The van der Waals surface area contributed by atoms with E-state index in [9.17, 15) is 9.59 Å². The van der Waals surface area contributed by atoms with E-state index in [1.165, 1.54) is 11.8 Å². The Labute approximate surface area is 174 Å². The summed E-state index contributed by atoms with van der Waals surface area (Å²) >= 11 is 1.27. The molecule has 0 aliphatic rings. The lowest BCUT2D eigenvalue weighted by Crippen LogP contribution is -2.20. The molecule has 1 heterocycles. The molecule has 29 heavy (non-hydrogen) atoms. The zero-order valence-electron chi connectivity index (χ0n) is 16.8. The first-order chi connectivity index (χ1) is 14.1. The molecule has 6 nitrogen and oxygen atoms in total. The van der Waals surface area contributed by atoms with E-state index in [0.29, 0.717) is 11.7 Å². The highest BCUT2D eigenvalue weighted by Crippen LogP contribution is 2.23. The predicted octanol–water partition coefficient (Wildman–Crippen LogP) is 3.67. The van der Waals surface area contributed by atoms with Gasteiger partial charge in [-0.15, -0.1) is 5.10 Å². The van der Waals surface area contributed by atoms with Crippen molar-refractivity contribution in [2.75, 3.05) is 11.1 Å². The van der Waals surface area contributed by atoms with Crippen LogP contribution in [0, 0.1) is 0 Å². The molecular formula is C22H26N4O2S. The summed E-state index contributed by atoms with van der Waals surface area (Å²) in [6, 6.07) is 16.1. The van der Waals surface area contributed by atoms with Crippen molar-refractivity contribution in [1.82, 2.24) is 14.8 Å². The van der Waals surface area contributed by atoms with E-state index in [4.69, 9.17) is 0 Å². The molecule has 152 valence electrons. The van der Waals surface area contributed by atoms with Gasteiger partial charge in [-0.1, -0.05) is 74.1 Å². The third-order valence-corrected chi connectivity index (χ3v) is 5.76. The van der Waals surface area contributed by atoms with Crippen molar-refractivity contribution in [3.05, 3.63) is 75.7 Å². The third kappa shape index (κ3) is 5.38. The normalized spacial score (nSPS) is 10.8. The number of benzene rings is 2. The van der Waals surface area contributed by atoms with E-state index >= 15 is 0 Å². The number of hydrogen-bond donors (Lipinski definition) is 2. The van der Waals surface area contributed by atoms with Crippen LogP contribution >= 0.6 is 11.8 Å². The number of amides is 1. The van der Waals surface area contributed by atoms with E-state index in [2.05, 4.69) is 29.4 Å². The molecule has 3 rings (SSSR count). The average molecular weight is 411 g/mol. The first kappa shape index (κ1) is 20.9. The zero-order valence-corrected chi connectivity index (χ0v) is 17.6. The lowest BCUT2D eigenvalue weighted by molar-refractivity contribution is -0.113. The maximum Gasteiger partial charge on any atom is 0.343 e. The maximum atomic E-state index is 12.6. The molecule has 0 saturated heterocycles. The molecule has 0 unspecified atom stereocenters. The number of aryl methyl sites for hydroxylation is 3. The summed E-state index contributed by atoms with van der Waals surface area (Å²) < 4.78 is 1.59. The minimum absolute atomic E-state index is 0.101. The molecule has 1 amide bonds. The molecule has 3 aromatic rings. The van der Waals surface area contributed by atoms with E-state index in [0.717, 1.165) is 41.6 Å². The molecule has 0 bridgehead atoms. The number of H-pyrrole nitrogens is 1. The van der Waals surface area contributed by atoms with Gasteiger partial charge in [0.05, 0.1) is 5.75 Å². The molecule has 2 N–H and O–H groups in total. The van der Waals surface area contributed by atoms with Crippen molar-refractivity contribution in [3.63, 3.8) is 0 Å². The van der Waals surface area contributed by atoms with Crippen molar-refractivity contribution in [2.24, 2.45) is 0 Å². The minimum atomic E-state index is -0.256. The number of anilines is 1. The molecule has 0 spiro atoms. The Morgan fingerprint density at radius 2 is 1.76 bits per heavy atom. The van der Waals surface area contributed by atoms with Gasteiger partial charge < -0.3 is 5.32 Å². The molecule has 2 aromatic carbocycles. The largest absolute Gasteiger partial charge is 0.343 e. The number of hydrogen-bond acceptors (Lipinski definition) is 4. The second-order valence-electron chi connectivity index (χ2n) is 6.69. The number of carbonyl (C=O) groups excluding carboxylic acids is 1. The van der Waals surface area contributed by atoms with Crippen LogP contribution in [0.25, 0.3) is 0 Å². The van der Waals surface area contributed by atoms with Crippen LogP contribution in [0.4, 0.5) is 5.69 Å². The Bertz CT molecular complexity index is 989. The SMILES string of the molecule is CCc1cccc(CC)c1NC(=O)CSc1n[nH]c(=O)n1CCc1ccccc1. The molecule has 0 fully saturated rings. The third-order valence-electron chi connectivity index (χ3n) is 4.79. The summed E-state index contributed by atoms with van der Waals surface area (Å²) in [5.74, 6) is 0.0901. The van der Waals surface area contributed by atoms with Crippen LogP contribution in [0.1, 0.15) is 30.5 Å². The smallest absolute Gasteiger partial charge is 0.325 e. The fraction of sp³-hybridized carbons (Fsp3) is 0.318. The first-order valence-corrected chi connectivity index (χ1v) is 10.8. The van der Waals surface area contributed by atoms with Crippen LogP contribution in [0.5, 0.6) is 0 Å². The number of rotatable bonds is 9. The Balaban J connectivity index is 1.64. The van der Waals surface area contributed by atoms with Crippen LogP contribution in [-0.4, -0.2) is 26.4 Å². The number of nitrogens with zero attached hydrogens (tertiary/aromatic N) is 2. The number of nitrogens with one attached hydrogen (secondary N) is 2. The van der Waals surface area contributed by atoms with Crippen molar-refractivity contribution in [1.29, 1.82) is 0 Å². The molecule has 0 atom stereocenters. The Hall–Kier alpha value is -2.80. The minimum Gasteiger partial charge on any atom is -0.325 e. The Kier molecular flexibility index (Phi) is 7.30. The highest BCUT2D eigenvalue weighted by molar-refractivity contribution is 7.99. The fourth-order valence-electron chi connectivity index (χ4n) is 3.20. The van der Waals surface area contributed by atoms with Crippen molar-refractivity contribution < 1.29 is 4.79 Å². The Morgan fingerprint density at radius 1 is 1.07 bits per heavy atom. The van der Waals surface area contributed by atoms with Crippen molar-refractivity contribution in [3.8, 4) is 0 Å². The van der Waals surface area contributed by atoms with Crippen LogP contribution in [0.2, 0.25) is 0 Å². The van der Waals surface area contributed by atoms with Crippen LogP contribution < -0.4 is 11.0 Å². The standard InChI is InChI=1S/C22H26N4O2S/c1-3-17-11-8-12-18(4-2)20(17)23-19(27)15-29-22-25-24-21(28)26(22)14-13-16-9-6-5-7-10-16/h5-12H,3-4,13-15H2,1-2H3,(H,23,27)(H,24,28). The van der Waals surface area contributed by atoms with Gasteiger partial charge in [-0.2, -0.15) is 0 Å². The first-order valence-electron chi connectivity index (χ1n) is 9.84. The molecule has 0 aliphatic heterocycles. The van der Waals surface area contributed by atoms with Crippen molar-refractivity contribution in [2.45, 2.75) is 44.8 Å². The second-order valence-corrected chi connectivity index (χ2v) is 7.64. The highest BCUT2D eigenvalue weighted by atomic mass is 32.2. The van der Waals surface area contributed by atoms with Gasteiger partial charge in [0.15, 0.2) is 5.16 Å².